The lowest BCUT2D eigenvalue weighted by Crippen LogP contribution is -2.43. The maximum absolute atomic E-state index is 12.2. The molecule has 0 aromatic carbocycles. The zero-order valence-corrected chi connectivity index (χ0v) is 11.9. The molecule has 0 aromatic rings. The highest BCUT2D eigenvalue weighted by atomic mass is 16.2. The molecule has 5 heteroatoms. The van der Waals surface area contributed by atoms with Crippen LogP contribution in [0.3, 0.4) is 0 Å². The molecule has 0 spiro atoms. The van der Waals surface area contributed by atoms with Crippen LogP contribution in [0.2, 0.25) is 0 Å². The largest absolute Gasteiger partial charge is 0.320 e. The number of nitrogens with one attached hydrogen (secondary N) is 1. The van der Waals surface area contributed by atoms with Crippen LogP contribution in [0.4, 0.5) is 0 Å². The Labute approximate surface area is 110 Å². The van der Waals surface area contributed by atoms with Gasteiger partial charge in [-0.3, -0.25) is 19.4 Å². The predicted molar refractivity (Wildman–Crippen MR) is 71.2 cm³/mol. The molecule has 1 heterocycles. The second-order valence-corrected chi connectivity index (χ2v) is 5.02. The summed E-state index contributed by atoms with van der Waals surface area (Å²) in [6, 6.07) is -0.246. The fourth-order valence-electron chi connectivity index (χ4n) is 2.29. The van der Waals surface area contributed by atoms with Crippen LogP contribution in [0.1, 0.15) is 33.1 Å². The fraction of sp³-hybridized carbons (Fsp3) is 0.846. The molecule has 0 saturated carbocycles. The summed E-state index contributed by atoms with van der Waals surface area (Å²) in [4.78, 5) is 27.6. The molecule has 1 aliphatic heterocycles. The van der Waals surface area contributed by atoms with E-state index >= 15 is 0 Å². The normalized spacial score (nSPS) is 22.1. The zero-order valence-electron chi connectivity index (χ0n) is 11.9. The van der Waals surface area contributed by atoms with Crippen LogP contribution in [0.25, 0.3) is 0 Å². The number of imide groups is 1. The Balaban J connectivity index is 2.59. The Hall–Kier alpha value is -0.940. The monoisotopic (exact) mass is 255 g/mol. The molecule has 5 nitrogen and oxygen atoms in total. The first-order valence-electron chi connectivity index (χ1n) is 6.73. The molecule has 1 saturated heterocycles. The van der Waals surface area contributed by atoms with Gasteiger partial charge in [0.1, 0.15) is 0 Å². The first kappa shape index (κ1) is 15.1. The molecule has 1 fully saturated rings. The SMILES string of the molecule is CCC(C)N1C(=O)CC(N(C)CCCNC)C1=O. The van der Waals surface area contributed by atoms with Crippen molar-refractivity contribution < 1.29 is 9.59 Å². The highest BCUT2D eigenvalue weighted by molar-refractivity contribution is 6.05. The van der Waals surface area contributed by atoms with Gasteiger partial charge in [0, 0.05) is 6.04 Å². The number of nitrogens with zero attached hydrogens (tertiary/aromatic N) is 2. The van der Waals surface area contributed by atoms with Crippen LogP contribution in [0, 0.1) is 0 Å². The minimum atomic E-state index is -0.261. The summed E-state index contributed by atoms with van der Waals surface area (Å²) in [5.41, 5.74) is 0. The molecule has 2 unspecified atom stereocenters. The summed E-state index contributed by atoms with van der Waals surface area (Å²) >= 11 is 0. The number of carbonyl (C=O) groups is 2. The number of rotatable bonds is 7. The lowest BCUT2D eigenvalue weighted by Gasteiger charge is -2.25. The highest BCUT2D eigenvalue weighted by Gasteiger charge is 2.42. The zero-order chi connectivity index (χ0) is 13.7. The van der Waals surface area contributed by atoms with E-state index in [0.29, 0.717) is 6.42 Å². The summed E-state index contributed by atoms with van der Waals surface area (Å²) in [5, 5.41) is 3.08. The minimum absolute atomic E-state index is 0.0145. The number of likely N-dealkylation sites (tertiary alicyclic amines) is 1. The lowest BCUT2D eigenvalue weighted by molar-refractivity contribution is -0.142. The van der Waals surface area contributed by atoms with Crippen molar-refractivity contribution in [1.29, 1.82) is 0 Å². The van der Waals surface area contributed by atoms with Crippen molar-refractivity contribution in [1.82, 2.24) is 15.1 Å². The summed E-state index contributed by atoms with van der Waals surface area (Å²) < 4.78 is 0. The fourth-order valence-corrected chi connectivity index (χ4v) is 2.29. The highest BCUT2D eigenvalue weighted by Crippen LogP contribution is 2.21. The number of likely N-dealkylation sites (N-methyl/N-ethyl adjacent to an activating group) is 1. The van der Waals surface area contributed by atoms with Gasteiger partial charge in [0.15, 0.2) is 0 Å². The summed E-state index contributed by atoms with van der Waals surface area (Å²) in [5.74, 6) is -0.0545. The van der Waals surface area contributed by atoms with Crippen molar-refractivity contribution in [2.45, 2.75) is 45.2 Å². The Morgan fingerprint density at radius 3 is 2.72 bits per heavy atom. The van der Waals surface area contributed by atoms with Gasteiger partial charge in [0.2, 0.25) is 11.8 Å². The average Bonchev–Trinajstić information content (AvgIpc) is 2.64. The molecule has 104 valence electrons. The van der Waals surface area contributed by atoms with Gasteiger partial charge in [-0.2, -0.15) is 0 Å². The van der Waals surface area contributed by atoms with E-state index in [4.69, 9.17) is 0 Å². The Bertz CT molecular complexity index is 307. The molecule has 1 rings (SSSR count). The van der Waals surface area contributed by atoms with Gasteiger partial charge in [-0.15, -0.1) is 0 Å². The molecular formula is C13H25N3O2. The predicted octanol–water partition coefficient (Wildman–Crippen LogP) is 0.454. The van der Waals surface area contributed by atoms with Crippen LogP contribution in [-0.2, 0) is 9.59 Å². The maximum atomic E-state index is 12.2. The van der Waals surface area contributed by atoms with Crippen molar-refractivity contribution in [3.63, 3.8) is 0 Å². The molecule has 18 heavy (non-hydrogen) atoms. The molecule has 1 aliphatic rings. The Morgan fingerprint density at radius 2 is 2.17 bits per heavy atom. The lowest BCUT2D eigenvalue weighted by atomic mass is 10.2. The topological polar surface area (TPSA) is 52.7 Å². The van der Waals surface area contributed by atoms with Crippen molar-refractivity contribution in [3.05, 3.63) is 0 Å². The third kappa shape index (κ3) is 3.29. The van der Waals surface area contributed by atoms with E-state index < -0.39 is 0 Å². The van der Waals surface area contributed by atoms with Gasteiger partial charge in [0.25, 0.3) is 0 Å². The van der Waals surface area contributed by atoms with Crippen molar-refractivity contribution in [3.8, 4) is 0 Å². The van der Waals surface area contributed by atoms with E-state index in [0.717, 1.165) is 25.9 Å². The number of amides is 2. The van der Waals surface area contributed by atoms with Crippen LogP contribution in [-0.4, -0.2) is 60.9 Å². The second-order valence-electron chi connectivity index (χ2n) is 5.02. The average molecular weight is 255 g/mol. The first-order chi connectivity index (χ1) is 8.52. The molecule has 0 radical (unpaired) electrons. The summed E-state index contributed by atoms with van der Waals surface area (Å²) in [6.45, 7) is 5.68. The number of carbonyl (C=O) groups excluding carboxylic acids is 2. The van der Waals surface area contributed by atoms with E-state index in [1.54, 1.807) is 0 Å². The Kier molecular flexibility index (Phi) is 5.75. The van der Waals surface area contributed by atoms with Crippen molar-refractivity contribution in [2.24, 2.45) is 0 Å². The van der Waals surface area contributed by atoms with Crippen molar-refractivity contribution in [2.75, 3.05) is 27.2 Å². The quantitative estimate of drug-likeness (QED) is 0.530. The summed E-state index contributed by atoms with van der Waals surface area (Å²) in [6.07, 6.45) is 2.13. The van der Waals surface area contributed by atoms with Gasteiger partial charge in [-0.1, -0.05) is 6.92 Å². The molecule has 0 aliphatic carbocycles. The summed E-state index contributed by atoms with van der Waals surface area (Å²) in [7, 11) is 3.83. The van der Waals surface area contributed by atoms with Crippen LogP contribution >= 0.6 is 0 Å². The van der Waals surface area contributed by atoms with Crippen molar-refractivity contribution >= 4 is 11.8 Å². The molecule has 2 atom stereocenters. The van der Waals surface area contributed by atoms with E-state index in [9.17, 15) is 9.59 Å². The van der Waals surface area contributed by atoms with E-state index in [1.165, 1.54) is 4.90 Å². The third-order valence-corrected chi connectivity index (χ3v) is 3.66. The van der Waals surface area contributed by atoms with Crippen LogP contribution in [0.5, 0.6) is 0 Å². The molecule has 2 amide bonds. The van der Waals surface area contributed by atoms with E-state index in [1.807, 2.05) is 32.8 Å². The van der Waals surface area contributed by atoms with Crippen LogP contribution in [0.15, 0.2) is 0 Å². The van der Waals surface area contributed by atoms with Gasteiger partial charge in [-0.05, 0) is 47.0 Å². The maximum Gasteiger partial charge on any atom is 0.247 e. The number of hydrogen-bond acceptors (Lipinski definition) is 4. The molecular weight excluding hydrogens is 230 g/mol. The van der Waals surface area contributed by atoms with E-state index in [-0.39, 0.29) is 23.9 Å². The van der Waals surface area contributed by atoms with Gasteiger partial charge in [0.05, 0.1) is 12.5 Å². The van der Waals surface area contributed by atoms with Gasteiger partial charge < -0.3 is 5.32 Å². The molecule has 0 bridgehead atoms. The smallest absolute Gasteiger partial charge is 0.247 e. The molecule has 0 aromatic heterocycles. The molecule has 1 N–H and O–H groups in total. The minimum Gasteiger partial charge on any atom is -0.320 e. The first-order valence-corrected chi connectivity index (χ1v) is 6.73. The second kappa shape index (κ2) is 6.85. The third-order valence-electron chi connectivity index (χ3n) is 3.66. The Morgan fingerprint density at radius 1 is 1.50 bits per heavy atom. The number of hydrogen-bond donors (Lipinski definition) is 1. The van der Waals surface area contributed by atoms with E-state index in [2.05, 4.69) is 5.32 Å². The standard InChI is InChI=1S/C13H25N3O2/c1-5-10(2)16-12(17)9-11(13(16)18)15(4)8-6-7-14-3/h10-11,14H,5-9H2,1-4H3. The van der Waals surface area contributed by atoms with Gasteiger partial charge >= 0.3 is 0 Å². The van der Waals surface area contributed by atoms with Gasteiger partial charge in [-0.25, -0.2) is 0 Å². The van der Waals surface area contributed by atoms with Crippen LogP contribution < -0.4 is 5.32 Å².